The fourth-order valence-corrected chi connectivity index (χ4v) is 7.73. The van der Waals surface area contributed by atoms with Crippen LogP contribution in [0.1, 0.15) is 168 Å². The lowest BCUT2D eigenvalue weighted by Crippen LogP contribution is -2.64. The Morgan fingerprint density at radius 2 is 0.846 bits per heavy atom. The number of rotatable bonds is 39. The number of hydrogen-bond donors (Lipinski definition) is 6. The van der Waals surface area contributed by atoms with Gasteiger partial charge in [-0.05, 0) is 89.9 Å². The van der Waals surface area contributed by atoms with Crippen LogP contribution in [0.5, 0.6) is 0 Å². The standard InChI is InChI=1S/C51H85O13P/c1-3-5-7-9-11-13-15-17-19-21-22-24-26-28-30-32-34-36-38-40-45(53)63-43(42-62-65(59,60)64-51-49(57)47(55)46(54)48(56)50(51)58)41-61-44(52)39-37-35-33-31-29-27-25-23-20-18-16-14-12-10-8-6-4-2/h11,13,17-20,22,24-25,27-28,30-31,33,43,46-51,54-58H,3-10,12,14-16,21,23,26,29,32,34-42H2,1-2H3,(H,59,60)/b13-11+,19-17+,20-18+,24-22+,27-25+,30-28+,33-31+/t43-,46?,47-,48?,49?,50?,51?/m1/s1. The van der Waals surface area contributed by atoms with Gasteiger partial charge in [0.1, 0.15) is 43.2 Å². The molecule has 1 fully saturated rings. The Morgan fingerprint density at radius 1 is 0.477 bits per heavy atom. The number of aliphatic hydroxyl groups is 5. The maximum atomic E-state index is 12.8. The molecule has 65 heavy (non-hydrogen) atoms. The minimum atomic E-state index is -5.15. The maximum Gasteiger partial charge on any atom is 0.472 e. The van der Waals surface area contributed by atoms with Gasteiger partial charge in [0.15, 0.2) is 6.10 Å². The van der Waals surface area contributed by atoms with Gasteiger partial charge in [0, 0.05) is 12.8 Å². The highest BCUT2D eigenvalue weighted by molar-refractivity contribution is 7.47. The van der Waals surface area contributed by atoms with Crippen molar-refractivity contribution in [1.82, 2.24) is 0 Å². The highest BCUT2D eigenvalue weighted by atomic mass is 31.2. The van der Waals surface area contributed by atoms with Crippen molar-refractivity contribution in [3.05, 3.63) is 85.1 Å². The Labute approximate surface area is 390 Å². The second-order valence-electron chi connectivity index (χ2n) is 16.6. The molecule has 1 saturated carbocycles. The Morgan fingerprint density at radius 3 is 1.34 bits per heavy atom. The number of unbranched alkanes of at least 4 members (excludes halogenated alkanes) is 13. The molecule has 0 aliphatic heterocycles. The summed E-state index contributed by atoms with van der Waals surface area (Å²) >= 11 is 0. The molecule has 0 amide bonds. The van der Waals surface area contributed by atoms with Gasteiger partial charge in [0.05, 0.1) is 6.61 Å². The van der Waals surface area contributed by atoms with Gasteiger partial charge in [-0.3, -0.25) is 18.6 Å². The van der Waals surface area contributed by atoms with Crippen LogP contribution in [0.25, 0.3) is 0 Å². The summed E-state index contributed by atoms with van der Waals surface area (Å²) in [6.45, 7) is 3.19. The zero-order valence-corrected chi connectivity index (χ0v) is 40.4. The highest BCUT2D eigenvalue weighted by Crippen LogP contribution is 2.47. The quantitative estimate of drug-likeness (QED) is 0.0147. The molecule has 0 saturated heterocycles. The van der Waals surface area contributed by atoms with E-state index in [1.165, 1.54) is 57.8 Å². The average molecular weight is 937 g/mol. The molecule has 1 aliphatic rings. The normalized spacial score (nSPS) is 22.2. The predicted octanol–water partition coefficient (Wildman–Crippen LogP) is 10.1. The van der Waals surface area contributed by atoms with Crippen molar-refractivity contribution >= 4 is 19.8 Å². The van der Waals surface area contributed by atoms with E-state index in [1.807, 2.05) is 12.2 Å². The van der Waals surface area contributed by atoms with Crippen molar-refractivity contribution in [2.45, 2.75) is 211 Å². The largest absolute Gasteiger partial charge is 0.472 e. The van der Waals surface area contributed by atoms with Gasteiger partial charge < -0.3 is 39.9 Å². The Bertz CT molecular complexity index is 1460. The Kier molecular flexibility index (Phi) is 37.1. The molecule has 372 valence electrons. The summed E-state index contributed by atoms with van der Waals surface area (Å²) < 4.78 is 33.5. The smallest absolute Gasteiger partial charge is 0.462 e. The molecule has 0 radical (unpaired) electrons. The SMILES string of the molecule is CCCCC/C=C/C/C=C/C/C=C/C/C=C/CCCCCC(=O)O[C@H](COC(=O)CCC/C=C/C/C=C/C/C=C/CCCCCCCC)COP(=O)(O)OC1C(O)C(O)C(O)[C@@H](O)C1O. The summed E-state index contributed by atoms with van der Waals surface area (Å²) in [6.07, 6.45) is 39.2. The number of allylic oxidation sites excluding steroid dienone is 14. The maximum absolute atomic E-state index is 12.8. The van der Waals surface area contributed by atoms with Crippen LogP contribution in [0, 0.1) is 0 Å². The summed E-state index contributed by atoms with van der Waals surface area (Å²) in [6, 6.07) is 0. The van der Waals surface area contributed by atoms with Crippen molar-refractivity contribution in [1.29, 1.82) is 0 Å². The van der Waals surface area contributed by atoms with Gasteiger partial charge in [-0.2, -0.15) is 0 Å². The number of aliphatic hydroxyl groups excluding tert-OH is 5. The molecule has 1 aliphatic carbocycles. The molecule has 6 unspecified atom stereocenters. The van der Waals surface area contributed by atoms with Gasteiger partial charge >= 0.3 is 19.8 Å². The molecular formula is C51H85O13P. The summed E-state index contributed by atoms with van der Waals surface area (Å²) in [5.74, 6) is -1.20. The lowest BCUT2D eigenvalue weighted by Gasteiger charge is -2.41. The van der Waals surface area contributed by atoms with Crippen LogP contribution in [0.15, 0.2) is 85.1 Å². The number of carbonyl (C=O) groups is 2. The molecule has 1 rings (SSSR count). The van der Waals surface area contributed by atoms with Gasteiger partial charge in [-0.1, -0.05) is 150 Å². The first-order valence-corrected chi connectivity index (χ1v) is 25.9. The molecular weight excluding hydrogens is 852 g/mol. The van der Waals surface area contributed by atoms with Crippen molar-refractivity contribution in [3.8, 4) is 0 Å². The van der Waals surface area contributed by atoms with Crippen LogP contribution in [0.3, 0.4) is 0 Å². The van der Waals surface area contributed by atoms with Crippen LogP contribution in [-0.4, -0.2) is 98.3 Å². The summed E-state index contributed by atoms with van der Waals surface area (Å²) in [4.78, 5) is 35.7. The number of ether oxygens (including phenoxy) is 2. The third-order valence-corrected chi connectivity index (χ3v) is 11.7. The van der Waals surface area contributed by atoms with Crippen molar-refractivity contribution in [3.63, 3.8) is 0 Å². The van der Waals surface area contributed by atoms with E-state index in [2.05, 4.69) is 86.8 Å². The molecule has 14 heteroatoms. The zero-order chi connectivity index (χ0) is 47.8. The summed E-state index contributed by atoms with van der Waals surface area (Å²) in [7, 11) is -5.15. The topological polar surface area (TPSA) is 210 Å². The number of esters is 2. The first kappa shape index (κ1) is 60.0. The van der Waals surface area contributed by atoms with E-state index in [4.69, 9.17) is 18.5 Å². The van der Waals surface area contributed by atoms with Crippen LogP contribution < -0.4 is 0 Å². The summed E-state index contributed by atoms with van der Waals surface area (Å²) in [5, 5.41) is 50.2. The molecule has 13 nitrogen and oxygen atoms in total. The van der Waals surface area contributed by atoms with E-state index in [1.54, 1.807) is 0 Å². The Balaban J connectivity index is 2.51. The number of phosphoric acid groups is 1. The zero-order valence-electron chi connectivity index (χ0n) is 39.5. The first-order valence-electron chi connectivity index (χ1n) is 24.4. The lowest BCUT2D eigenvalue weighted by atomic mass is 9.85. The van der Waals surface area contributed by atoms with Gasteiger partial charge in [-0.25, -0.2) is 4.57 Å². The average Bonchev–Trinajstić information content (AvgIpc) is 3.29. The number of carbonyl (C=O) groups excluding carboxylic acids is 2. The van der Waals surface area contributed by atoms with Crippen LogP contribution in [0.2, 0.25) is 0 Å². The fraction of sp³-hybridized carbons (Fsp3) is 0.686. The molecule has 0 spiro atoms. The molecule has 0 heterocycles. The van der Waals surface area contributed by atoms with E-state index in [0.29, 0.717) is 19.3 Å². The Hall–Kier alpha value is -2.97. The van der Waals surface area contributed by atoms with Crippen LogP contribution in [0.4, 0.5) is 0 Å². The van der Waals surface area contributed by atoms with Crippen molar-refractivity contribution in [2.75, 3.05) is 13.2 Å². The van der Waals surface area contributed by atoms with Gasteiger partial charge in [-0.15, -0.1) is 0 Å². The van der Waals surface area contributed by atoms with E-state index in [-0.39, 0.29) is 12.8 Å². The predicted molar refractivity (Wildman–Crippen MR) is 258 cm³/mol. The third-order valence-electron chi connectivity index (χ3n) is 10.7. The highest BCUT2D eigenvalue weighted by Gasteiger charge is 2.51. The summed E-state index contributed by atoms with van der Waals surface area (Å²) in [5.41, 5.74) is 0. The minimum Gasteiger partial charge on any atom is -0.462 e. The van der Waals surface area contributed by atoms with Crippen LogP contribution in [-0.2, 0) is 32.7 Å². The monoisotopic (exact) mass is 937 g/mol. The number of hydrogen-bond acceptors (Lipinski definition) is 12. The van der Waals surface area contributed by atoms with Crippen molar-refractivity contribution in [2.24, 2.45) is 0 Å². The van der Waals surface area contributed by atoms with E-state index >= 15 is 0 Å². The van der Waals surface area contributed by atoms with E-state index < -0.39 is 75.7 Å². The molecule has 0 aromatic carbocycles. The molecule has 0 aromatic rings. The molecule has 0 aromatic heterocycles. The first-order chi connectivity index (χ1) is 31.4. The van der Waals surface area contributed by atoms with Gasteiger partial charge in [0.2, 0.25) is 0 Å². The van der Waals surface area contributed by atoms with Gasteiger partial charge in [0.25, 0.3) is 0 Å². The van der Waals surface area contributed by atoms with Crippen molar-refractivity contribution < 1.29 is 63.1 Å². The fourth-order valence-electron chi connectivity index (χ4n) is 6.76. The minimum absolute atomic E-state index is 0.0440. The number of phosphoric ester groups is 1. The van der Waals surface area contributed by atoms with E-state index in [0.717, 1.165) is 64.2 Å². The van der Waals surface area contributed by atoms with Crippen LogP contribution >= 0.6 is 7.82 Å². The second kappa shape index (κ2) is 40.1. The van der Waals surface area contributed by atoms with E-state index in [9.17, 15) is 44.6 Å². The third kappa shape index (κ3) is 32.4. The molecule has 6 N–H and O–H groups in total. The molecule has 0 bridgehead atoms. The second-order valence-corrected chi connectivity index (χ2v) is 18.0. The molecule has 8 atom stereocenters. The lowest BCUT2D eigenvalue weighted by molar-refractivity contribution is -0.220.